The molecule has 0 saturated carbocycles. The number of rotatable bonds is 7. The lowest BCUT2D eigenvalue weighted by molar-refractivity contribution is 0.0945. The molecule has 1 amide bonds. The molecule has 0 aliphatic heterocycles. The number of hydrogen-bond donors (Lipinski definition) is 3. The summed E-state index contributed by atoms with van der Waals surface area (Å²) in [4.78, 5) is 17.8. The third-order valence-electron chi connectivity index (χ3n) is 3.64. The van der Waals surface area contributed by atoms with Gasteiger partial charge in [-0.1, -0.05) is 19.9 Å². The molecule has 0 radical (unpaired) electrons. The molecule has 0 bridgehead atoms. The maximum absolute atomic E-state index is 12.0. The van der Waals surface area contributed by atoms with Crippen molar-refractivity contribution in [1.29, 1.82) is 0 Å². The Balaban J connectivity index is 2.11. The lowest BCUT2D eigenvalue weighted by Crippen LogP contribution is -2.26. The Bertz CT molecular complexity index is 697. The van der Waals surface area contributed by atoms with Crippen LogP contribution in [-0.2, 0) is 0 Å². The van der Waals surface area contributed by atoms with Crippen LogP contribution in [0.3, 0.4) is 0 Å². The molecule has 1 heterocycles. The lowest BCUT2D eigenvalue weighted by Gasteiger charge is -2.15. The highest BCUT2D eigenvalue weighted by atomic mass is 32.1. The summed E-state index contributed by atoms with van der Waals surface area (Å²) in [7, 11) is 0. The summed E-state index contributed by atoms with van der Waals surface area (Å²) in [6, 6.07) is 7.49. The summed E-state index contributed by atoms with van der Waals surface area (Å²) in [6.45, 7) is 8.62. The van der Waals surface area contributed by atoms with Gasteiger partial charge in [-0.15, -0.1) is 11.3 Å². The van der Waals surface area contributed by atoms with Crippen molar-refractivity contribution in [3.63, 3.8) is 0 Å². The van der Waals surface area contributed by atoms with Crippen molar-refractivity contribution >= 4 is 22.9 Å². The lowest BCUT2D eigenvalue weighted by atomic mass is 10.1. The molecule has 0 spiro atoms. The zero-order chi connectivity index (χ0) is 17.7. The van der Waals surface area contributed by atoms with Crippen LogP contribution >= 0.6 is 11.3 Å². The fourth-order valence-electron chi connectivity index (χ4n) is 2.42. The number of thiazole rings is 1. The van der Waals surface area contributed by atoms with Crippen molar-refractivity contribution in [2.75, 3.05) is 18.5 Å². The molecular formula is C18H25N3O2S. The number of aromatic nitrogens is 1. The van der Waals surface area contributed by atoms with E-state index in [4.69, 9.17) is 5.11 Å². The Morgan fingerprint density at radius 2 is 2.08 bits per heavy atom. The summed E-state index contributed by atoms with van der Waals surface area (Å²) in [5, 5.41) is 16.0. The van der Waals surface area contributed by atoms with Crippen molar-refractivity contribution in [2.24, 2.45) is 0 Å². The zero-order valence-electron chi connectivity index (χ0n) is 14.6. The van der Waals surface area contributed by atoms with E-state index < -0.39 is 0 Å². The van der Waals surface area contributed by atoms with Crippen LogP contribution in [0.5, 0.6) is 0 Å². The molecule has 0 fully saturated rings. The highest BCUT2D eigenvalue weighted by Gasteiger charge is 2.16. The van der Waals surface area contributed by atoms with E-state index in [1.807, 2.05) is 25.1 Å². The quantitative estimate of drug-likeness (QED) is 0.717. The second-order valence-corrected chi connectivity index (χ2v) is 7.15. The predicted molar refractivity (Wildman–Crippen MR) is 98.8 cm³/mol. The van der Waals surface area contributed by atoms with Gasteiger partial charge in [0.25, 0.3) is 5.91 Å². The summed E-state index contributed by atoms with van der Waals surface area (Å²) >= 11 is 1.74. The van der Waals surface area contributed by atoms with Crippen LogP contribution in [0.4, 0.5) is 5.69 Å². The molecule has 3 N–H and O–H groups in total. The topological polar surface area (TPSA) is 74.2 Å². The molecule has 1 atom stereocenters. The molecule has 1 aromatic carbocycles. The second kappa shape index (κ2) is 8.26. The molecule has 0 aliphatic rings. The number of anilines is 1. The van der Waals surface area contributed by atoms with Crippen molar-refractivity contribution in [2.45, 2.75) is 39.7 Å². The molecule has 2 aromatic rings. The Labute approximate surface area is 147 Å². The molecule has 0 saturated heterocycles. The predicted octanol–water partition coefficient (Wildman–Crippen LogP) is 3.47. The van der Waals surface area contributed by atoms with Gasteiger partial charge in [-0.25, -0.2) is 4.98 Å². The number of nitrogens with one attached hydrogen (secondary N) is 2. The summed E-state index contributed by atoms with van der Waals surface area (Å²) in [5.41, 5.74) is 2.52. The van der Waals surface area contributed by atoms with E-state index in [2.05, 4.69) is 36.4 Å². The number of aryl methyl sites for hydroxylation is 1. The average Bonchev–Trinajstić information content (AvgIpc) is 2.95. The highest BCUT2D eigenvalue weighted by molar-refractivity contribution is 7.12. The molecule has 6 heteroatoms. The number of hydrogen-bond acceptors (Lipinski definition) is 5. The number of amides is 1. The van der Waals surface area contributed by atoms with Crippen molar-refractivity contribution in [3.8, 4) is 0 Å². The van der Waals surface area contributed by atoms with E-state index in [0.29, 0.717) is 11.5 Å². The standard InChI is InChI=1S/C18H25N3O2S/c1-11(2)18-21-13(4)16(24-18)12(3)20-15-7-5-6-14(10-15)17(23)19-8-9-22/h5-7,10-12,20,22H,8-9H2,1-4H3,(H,19,23). The monoisotopic (exact) mass is 347 g/mol. The Morgan fingerprint density at radius 1 is 1.33 bits per heavy atom. The molecule has 0 aliphatic carbocycles. The third-order valence-corrected chi connectivity index (χ3v) is 5.28. The van der Waals surface area contributed by atoms with E-state index >= 15 is 0 Å². The highest BCUT2D eigenvalue weighted by Crippen LogP contribution is 2.31. The van der Waals surface area contributed by atoms with Crippen LogP contribution in [-0.4, -0.2) is 29.1 Å². The van der Waals surface area contributed by atoms with Crippen molar-refractivity contribution in [3.05, 3.63) is 45.4 Å². The fraction of sp³-hybridized carbons (Fsp3) is 0.444. The molecule has 1 aromatic heterocycles. The minimum Gasteiger partial charge on any atom is -0.395 e. The summed E-state index contributed by atoms with van der Waals surface area (Å²) < 4.78 is 0. The smallest absolute Gasteiger partial charge is 0.251 e. The van der Waals surface area contributed by atoms with E-state index in [1.54, 1.807) is 17.4 Å². The number of carbonyl (C=O) groups is 1. The van der Waals surface area contributed by atoms with E-state index in [9.17, 15) is 4.79 Å². The van der Waals surface area contributed by atoms with Crippen LogP contribution in [0, 0.1) is 6.92 Å². The zero-order valence-corrected chi connectivity index (χ0v) is 15.4. The SMILES string of the molecule is Cc1nc(C(C)C)sc1C(C)Nc1cccc(C(=O)NCCO)c1. The van der Waals surface area contributed by atoms with Gasteiger partial charge in [0.2, 0.25) is 0 Å². The van der Waals surface area contributed by atoms with Crippen LogP contribution in [0.25, 0.3) is 0 Å². The maximum Gasteiger partial charge on any atom is 0.251 e. The van der Waals surface area contributed by atoms with E-state index in [0.717, 1.165) is 16.4 Å². The molecule has 1 unspecified atom stereocenters. The second-order valence-electron chi connectivity index (χ2n) is 6.08. The van der Waals surface area contributed by atoms with Gasteiger partial charge in [-0.2, -0.15) is 0 Å². The van der Waals surface area contributed by atoms with Crippen molar-refractivity contribution in [1.82, 2.24) is 10.3 Å². The van der Waals surface area contributed by atoms with Gasteiger partial charge >= 0.3 is 0 Å². The Kier molecular flexibility index (Phi) is 6.34. The normalized spacial score (nSPS) is 12.2. The van der Waals surface area contributed by atoms with Crippen molar-refractivity contribution < 1.29 is 9.90 Å². The molecule has 2 rings (SSSR count). The first-order valence-electron chi connectivity index (χ1n) is 8.15. The van der Waals surface area contributed by atoms with Crippen LogP contribution in [0.15, 0.2) is 24.3 Å². The van der Waals surface area contributed by atoms with E-state index in [-0.39, 0.29) is 25.1 Å². The van der Waals surface area contributed by atoms with Gasteiger partial charge in [0.05, 0.1) is 23.4 Å². The largest absolute Gasteiger partial charge is 0.395 e. The minimum absolute atomic E-state index is 0.0659. The minimum atomic E-state index is -0.184. The number of nitrogens with zero attached hydrogens (tertiary/aromatic N) is 1. The first-order chi connectivity index (χ1) is 11.4. The van der Waals surface area contributed by atoms with Gasteiger partial charge in [0.1, 0.15) is 0 Å². The number of aliphatic hydroxyl groups excluding tert-OH is 1. The number of aliphatic hydroxyl groups is 1. The fourth-order valence-corrected chi connectivity index (χ4v) is 3.49. The average molecular weight is 347 g/mol. The first kappa shape index (κ1) is 18.4. The van der Waals surface area contributed by atoms with Crippen LogP contribution in [0.2, 0.25) is 0 Å². The summed E-state index contributed by atoms with van der Waals surface area (Å²) in [6.07, 6.45) is 0. The molecule has 24 heavy (non-hydrogen) atoms. The van der Waals surface area contributed by atoms with Gasteiger partial charge in [-0.3, -0.25) is 4.79 Å². The van der Waals surface area contributed by atoms with Gasteiger partial charge in [-0.05, 0) is 32.0 Å². The van der Waals surface area contributed by atoms with Crippen LogP contribution in [0.1, 0.15) is 58.7 Å². The Morgan fingerprint density at radius 3 is 2.71 bits per heavy atom. The van der Waals surface area contributed by atoms with Gasteiger partial charge < -0.3 is 15.7 Å². The third kappa shape index (κ3) is 4.55. The molecular weight excluding hydrogens is 322 g/mol. The summed E-state index contributed by atoms with van der Waals surface area (Å²) in [5.74, 6) is 0.240. The Hall–Kier alpha value is -1.92. The number of carbonyl (C=O) groups excluding carboxylic acids is 1. The van der Waals surface area contributed by atoms with Gasteiger partial charge in [0.15, 0.2) is 0 Å². The number of benzene rings is 1. The van der Waals surface area contributed by atoms with Gasteiger partial charge in [0, 0.05) is 28.6 Å². The van der Waals surface area contributed by atoms with Crippen LogP contribution < -0.4 is 10.6 Å². The maximum atomic E-state index is 12.0. The molecule has 5 nitrogen and oxygen atoms in total. The molecule has 130 valence electrons. The van der Waals surface area contributed by atoms with E-state index in [1.165, 1.54) is 4.88 Å². The first-order valence-corrected chi connectivity index (χ1v) is 8.97.